The fourth-order valence-corrected chi connectivity index (χ4v) is 1.71. The molecule has 2 N–H and O–H groups in total. The van der Waals surface area contributed by atoms with Gasteiger partial charge in [0.15, 0.2) is 0 Å². The summed E-state index contributed by atoms with van der Waals surface area (Å²) in [5.74, 6) is -0.200. The Kier molecular flexibility index (Phi) is 2.65. The van der Waals surface area contributed by atoms with Gasteiger partial charge in [-0.1, -0.05) is 12.1 Å². The molecule has 2 aromatic carbocycles. The minimum absolute atomic E-state index is 0.200. The number of anilines is 1. The summed E-state index contributed by atoms with van der Waals surface area (Å²) in [6.07, 6.45) is 0. The lowest BCUT2D eigenvalue weighted by atomic mass is 9.99. The van der Waals surface area contributed by atoms with Crippen LogP contribution in [0.1, 0.15) is 11.1 Å². The number of nitrogens with two attached hydrogens (primary N) is 1. The third-order valence-corrected chi connectivity index (χ3v) is 2.78. The lowest BCUT2D eigenvalue weighted by molar-refractivity contribution is 0.629. The maximum absolute atomic E-state index is 13.8. The molecular formula is C14H14FN. The zero-order valence-corrected chi connectivity index (χ0v) is 9.42. The second-order valence-corrected chi connectivity index (χ2v) is 4.04. The molecule has 0 atom stereocenters. The molecule has 82 valence electrons. The Morgan fingerprint density at radius 3 is 2.38 bits per heavy atom. The molecule has 2 heteroatoms. The van der Waals surface area contributed by atoms with E-state index in [0.29, 0.717) is 11.3 Å². The second kappa shape index (κ2) is 3.97. The molecule has 0 amide bonds. The normalized spacial score (nSPS) is 10.4. The van der Waals surface area contributed by atoms with E-state index in [9.17, 15) is 4.39 Å². The molecule has 1 nitrogen and oxygen atoms in total. The van der Waals surface area contributed by atoms with Gasteiger partial charge in [0.1, 0.15) is 5.82 Å². The van der Waals surface area contributed by atoms with Crippen LogP contribution in [-0.4, -0.2) is 0 Å². The van der Waals surface area contributed by atoms with Gasteiger partial charge in [-0.2, -0.15) is 0 Å². The molecule has 0 bridgehead atoms. The molecule has 2 rings (SSSR count). The van der Waals surface area contributed by atoms with Gasteiger partial charge in [-0.3, -0.25) is 0 Å². The van der Waals surface area contributed by atoms with E-state index in [2.05, 4.69) is 0 Å². The van der Waals surface area contributed by atoms with Crippen LogP contribution in [0.15, 0.2) is 36.4 Å². The van der Waals surface area contributed by atoms with E-state index in [4.69, 9.17) is 5.73 Å². The van der Waals surface area contributed by atoms with Crippen molar-refractivity contribution in [2.45, 2.75) is 13.8 Å². The fourth-order valence-electron chi connectivity index (χ4n) is 1.71. The zero-order chi connectivity index (χ0) is 11.7. The maximum atomic E-state index is 13.8. The molecule has 0 aliphatic carbocycles. The molecule has 0 spiro atoms. The SMILES string of the molecule is Cc1cc(F)c(-c2cccc(N)c2)cc1C. The Labute approximate surface area is 94.7 Å². The summed E-state index contributed by atoms with van der Waals surface area (Å²) in [6, 6.07) is 10.7. The Morgan fingerprint density at radius 1 is 1.00 bits per heavy atom. The van der Waals surface area contributed by atoms with Crippen LogP contribution in [0.5, 0.6) is 0 Å². The van der Waals surface area contributed by atoms with Crippen LogP contribution in [0.2, 0.25) is 0 Å². The molecule has 16 heavy (non-hydrogen) atoms. The van der Waals surface area contributed by atoms with E-state index in [-0.39, 0.29) is 5.82 Å². The Balaban J connectivity index is 2.60. The average Bonchev–Trinajstić information content (AvgIpc) is 2.23. The first-order valence-electron chi connectivity index (χ1n) is 5.20. The van der Waals surface area contributed by atoms with Gasteiger partial charge in [0.05, 0.1) is 0 Å². The molecule has 0 unspecified atom stereocenters. The van der Waals surface area contributed by atoms with Gasteiger partial charge in [-0.15, -0.1) is 0 Å². The first-order valence-corrected chi connectivity index (χ1v) is 5.20. The van der Waals surface area contributed by atoms with Crippen molar-refractivity contribution in [3.05, 3.63) is 53.3 Å². The fraction of sp³-hybridized carbons (Fsp3) is 0.143. The number of hydrogen-bond acceptors (Lipinski definition) is 1. The van der Waals surface area contributed by atoms with Crippen molar-refractivity contribution in [2.75, 3.05) is 5.73 Å². The number of halogens is 1. The van der Waals surface area contributed by atoms with Gasteiger partial charge in [-0.25, -0.2) is 4.39 Å². The highest BCUT2D eigenvalue weighted by Crippen LogP contribution is 2.26. The smallest absolute Gasteiger partial charge is 0.131 e. The van der Waals surface area contributed by atoms with Gasteiger partial charge in [-0.05, 0) is 54.8 Å². The van der Waals surface area contributed by atoms with Crippen LogP contribution in [0.3, 0.4) is 0 Å². The van der Waals surface area contributed by atoms with Crippen molar-refractivity contribution < 1.29 is 4.39 Å². The highest BCUT2D eigenvalue weighted by molar-refractivity contribution is 5.68. The quantitative estimate of drug-likeness (QED) is 0.721. The molecule has 2 aromatic rings. The minimum Gasteiger partial charge on any atom is -0.399 e. The number of rotatable bonds is 1. The number of nitrogen functional groups attached to an aromatic ring is 1. The van der Waals surface area contributed by atoms with Crippen molar-refractivity contribution in [1.29, 1.82) is 0 Å². The zero-order valence-electron chi connectivity index (χ0n) is 9.42. The summed E-state index contributed by atoms with van der Waals surface area (Å²) in [5, 5.41) is 0. The van der Waals surface area contributed by atoms with E-state index in [1.807, 2.05) is 32.0 Å². The Bertz CT molecular complexity index is 532. The first-order chi connectivity index (χ1) is 7.58. The van der Waals surface area contributed by atoms with Gasteiger partial charge in [0.2, 0.25) is 0 Å². The standard InChI is InChI=1S/C14H14FN/c1-9-6-13(14(15)7-10(9)2)11-4-3-5-12(16)8-11/h3-8H,16H2,1-2H3. The molecule has 0 saturated heterocycles. The number of hydrogen-bond donors (Lipinski definition) is 1. The summed E-state index contributed by atoms with van der Waals surface area (Å²) in [4.78, 5) is 0. The first kappa shape index (κ1) is 10.7. The molecule has 0 aromatic heterocycles. The molecule has 0 aliphatic heterocycles. The van der Waals surface area contributed by atoms with E-state index < -0.39 is 0 Å². The largest absolute Gasteiger partial charge is 0.399 e. The summed E-state index contributed by atoms with van der Waals surface area (Å²) in [7, 11) is 0. The van der Waals surface area contributed by atoms with Crippen molar-refractivity contribution >= 4 is 5.69 Å². The second-order valence-electron chi connectivity index (χ2n) is 4.04. The summed E-state index contributed by atoms with van der Waals surface area (Å²) >= 11 is 0. The van der Waals surface area contributed by atoms with Crippen molar-refractivity contribution in [1.82, 2.24) is 0 Å². The summed E-state index contributed by atoms with van der Waals surface area (Å²) in [6.45, 7) is 3.88. The van der Waals surface area contributed by atoms with Crippen molar-refractivity contribution in [3.8, 4) is 11.1 Å². The van der Waals surface area contributed by atoms with Crippen LogP contribution in [-0.2, 0) is 0 Å². The van der Waals surface area contributed by atoms with E-state index in [1.54, 1.807) is 18.2 Å². The monoisotopic (exact) mass is 215 g/mol. The Hall–Kier alpha value is -1.83. The molecular weight excluding hydrogens is 201 g/mol. The van der Waals surface area contributed by atoms with Gasteiger partial charge >= 0.3 is 0 Å². The van der Waals surface area contributed by atoms with Crippen LogP contribution in [0.25, 0.3) is 11.1 Å². The maximum Gasteiger partial charge on any atom is 0.131 e. The lowest BCUT2D eigenvalue weighted by Crippen LogP contribution is -1.91. The predicted molar refractivity (Wildman–Crippen MR) is 65.7 cm³/mol. The van der Waals surface area contributed by atoms with Crippen LogP contribution >= 0.6 is 0 Å². The predicted octanol–water partition coefficient (Wildman–Crippen LogP) is 3.69. The highest BCUT2D eigenvalue weighted by atomic mass is 19.1. The average molecular weight is 215 g/mol. The molecule has 0 fully saturated rings. The molecule has 0 radical (unpaired) electrons. The van der Waals surface area contributed by atoms with Gasteiger partial charge in [0.25, 0.3) is 0 Å². The van der Waals surface area contributed by atoms with E-state index in [1.165, 1.54) is 0 Å². The minimum atomic E-state index is -0.200. The van der Waals surface area contributed by atoms with Crippen LogP contribution in [0.4, 0.5) is 10.1 Å². The third-order valence-electron chi connectivity index (χ3n) is 2.78. The molecule has 0 saturated carbocycles. The van der Waals surface area contributed by atoms with Gasteiger partial charge in [0, 0.05) is 11.3 Å². The van der Waals surface area contributed by atoms with Crippen LogP contribution in [0, 0.1) is 19.7 Å². The number of aryl methyl sites for hydroxylation is 2. The number of benzene rings is 2. The van der Waals surface area contributed by atoms with E-state index >= 15 is 0 Å². The van der Waals surface area contributed by atoms with Crippen molar-refractivity contribution in [2.24, 2.45) is 0 Å². The highest BCUT2D eigenvalue weighted by Gasteiger charge is 2.07. The molecule has 0 heterocycles. The lowest BCUT2D eigenvalue weighted by Gasteiger charge is -2.08. The van der Waals surface area contributed by atoms with Gasteiger partial charge < -0.3 is 5.73 Å². The Morgan fingerprint density at radius 2 is 1.69 bits per heavy atom. The summed E-state index contributed by atoms with van der Waals surface area (Å²) in [5.41, 5.74) is 9.81. The van der Waals surface area contributed by atoms with E-state index in [0.717, 1.165) is 16.7 Å². The summed E-state index contributed by atoms with van der Waals surface area (Å²) < 4.78 is 13.8. The van der Waals surface area contributed by atoms with Crippen molar-refractivity contribution in [3.63, 3.8) is 0 Å². The third kappa shape index (κ3) is 1.91. The van der Waals surface area contributed by atoms with Crippen LogP contribution < -0.4 is 5.73 Å². The molecule has 0 aliphatic rings. The topological polar surface area (TPSA) is 26.0 Å².